The zero-order valence-electron chi connectivity index (χ0n) is 13.5. The minimum absolute atomic E-state index is 0.0266. The highest BCUT2D eigenvalue weighted by molar-refractivity contribution is 5.79. The molecule has 2 aliphatic rings. The molecule has 1 N–H and O–H groups in total. The number of hydrogen-bond acceptors (Lipinski definition) is 3. The van der Waals surface area contributed by atoms with Crippen LogP contribution in [0.3, 0.4) is 0 Å². The van der Waals surface area contributed by atoms with Crippen LogP contribution in [0.1, 0.15) is 31.2 Å². The quantitative estimate of drug-likeness (QED) is 0.905. The van der Waals surface area contributed by atoms with E-state index >= 15 is 0 Å². The molecule has 0 spiro atoms. The van der Waals surface area contributed by atoms with Crippen LogP contribution in [-0.2, 0) is 16.1 Å². The number of nitrogens with one attached hydrogen (secondary N) is 1. The van der Waals surface area contributed by atoms with Crippen LogP contribution in [0.5, 0.6) is 0 Å². The van der Waals surface area contributed by atoms with Crippen molar-refractivity contribution in [2.24, 2.45) is 5.92 Å². The molecule has 0 bridgehead atoms. The fraction of sp³-hybridized carbons (Fsp3) is 0.611. The number of carbonyl (C=O) groups is 1. The average Bonchev–Trinajstić information content (AvgIpc) is 3.06. The number of amides is 1. The third-order valence-corrected chi connectivity index (χ3v) is 4.70. The number of benzene rings is 1. The van der Waals surface area contributed by atoms with Gasteiger partial charge in [-0.05, 0) is 49.9 Å². The maximum atomic E-state index is 13.3. The third-order valence-electron chi connectivity index (χ3n) is 4.70. The van der Waals surface area contributed by atoms with Gasteiger partial charge in [0, 0.05) is 26.2 Å². The molecule has 3 rings (SSSR count). The molecule has 0 unspecified atom stereocenters. The Bertz CT molecular complexity index is 532. The first-order valence-electron chi connectivity index (χ1n) is 8.57. The first kappa shape index (κ1) is 16.4. The number of piperidine rings is 1. The number of nitrogens with zero attached hydrogens (tertiary/aromatic N) is 1. The molecule has 1 amide bonds. The first-order valence-corrected chi connectivity index (χ1v) is 8.57. The van der Waals surface area contributed by atoms with E-state index < -0.39 is 0 Å². The van der Waals surface area contributed by atoms with Gasteiger partial charge in [-0.2, -0.15) is 0 Å². The monoisotopic (exact) mass is 320 g/mol. The van der Waals surface area contributed by atoms with Gasteiger partial charge in [0.25, 0.3) is 0 Å². The van der Waals surface area contributed by atoms with E-state index in [9.17, 15) is 9.18 Å². The molecule has 4 nitrogen and oxygen atoms in total. The summed E-state index contributed by atoms with van der Waals surface area (Å²) >= 11 is 0. The topological polar surface area (TPSA) is 41.6 Å². The lowest BCUT2D eigenvalue weighted by Crippen LogP contribution is -2.44. The highest BCUT2D eigenvalue weighted by atomic mass is 19.1. The lowest BCUT2D eigenvalue weighted by molar-refractivity contribution is -0.127. The number of rotatable bonds is 5. The van der Waals surface area contributed by atoms with Crippen molar-refractivity contribution in [3.05, 3.63) is 35.6 Å². The van der Waals surface area contributed by atoms with E-state index in [1.807, 2.05) is 6.07 Å². The molecular formula is C18H25FN2O2. The van der Waals surface area contributed by atoms with Crippen molar-refractivity contribution in [1.82, 2.24) is 10.2 Å². The Balaban J connectivity index is 1.48. The summed E-state index contributed by atoms with van der Waals surface area (Å²) in [7, 11) is 0. The van der Waals surface area contributed by atoms with Gasteiger partial charge < -0.3 is 10.1 Å². The Labute approximate surface area is 137 Å². The Hall–Kier alpha value is -1.46. The molecule has 2 saturated heterocycles. The van der Waals surface area contributed by atoms with Crippen LogP contribution in [-0.4, -0.2) is 43.2 Å². The van der Waals surface area contributed by atoms with Crippen LogP contribution >= 0.6 is 0 Å². The standard InChI is InChI=1S/C18H25FN2O2/c19-16-6-1-4-14(10-16)12-21-8-2-5-15(13-21)18(22)20-11-17-7-3-9-23-17/h1,4,6,10,15,17H,2-3,5,7-9,11-13H2,(H,20,22)/t15-,17-/m0/s1. The number of carbonyl (C=O) groups excluding carboxylic acids is 1. The van der Waals surface area contributed by atoms with Crippen molar-refractivity contribution in [3.8, 4) is 0 Å². The van der Waals surface area contributed by atoms with E-state index in [1.54, 1.807) is 12.1 Å². The second-order valence-corrected chi connectivity index (χ2v) is 6.58. The van der Waals surface area contributed by atoms with E-state index in [-0.39, 0.29) is 23.7 Å². The molecule has 23 heavy (non-hydrogen) atoms. The van der Waals surface area contributed by atoms with Crippen LogP contribution in [0.2, 0.25) is 0 Å². The summed E-state index contributed by atoms with van der Waals surface area (Å²) < 4.78 is 18.8. The summed E-state index contributed by atoms with van der Waals surface area (Å²) in [6, 6.07) is 6.70. The van der Waals surface area contributed by atoms with Crippen LogP contribution < -0.4 is 5.32 Å². The maximum Gasteiger partial charge on any atom is 0.224 e. The van der Waals surface area contributed by atoms with Crippen molar-refractivity contribution < 1.29 is 13.9 Å². The van der Waals surface area contributed by atoms with Gasteiger partial charge in [-0.1, -0.05) is 12.1 Å². The summed E-state index contributed by atoms with van der Waals surface area (Å²) in [5.74, 6) is -0.0477. The first-order chi connectivity index (χ1) is 11.2. The summed E-state index contributed by atoms with van der Waals surface area (Å²) in [5.41, 5.74) is 0.963. The number of ether oxygens (including phenoxy) is 1. The molecule has 0 aromatic heterocycles. The lowest BCUT2D eigenvalue weighted by atomic mass is 9.96. The second kappa shape index (κ2) is 7.88. The van der Waals surface area contributed by atoms with Gasteiger partial charge in [0.05, 0.1) is 12.0 Å². The predicted octanol–water partition coefficient (Wildman–Crippen LogP) is 2.33. The van der Waals surface area contributed by atoms with Gasteiger partial charge in [0.1, 0.15) is 5.82 Å². The minimum Gasteiger partial charge on any atom is -0.376 e. The van der Waals surface area contributed by atoms with Crippen molar-refractivity contribution in [2.75, 3.05) is 26.2 Å². The van der Waals surface area contributed by atoms with Crippen LogP contribution in [0.25, 0.3) is 0 Å². The molecule has 2 fully saturated rings. The minimum atomic E-state index is -0.203. The van der Waals surface area contributed by atoms with Gasteiger partial charge in [-0.15, -0.1) is 0 Å². The Morgan fingerprint density at radius 1 is 1.35 bits per heavy atom. The average molecular weight is 320 g/mol. The number of hydrogen-bond donors (Lipinski definition) is 1. The van der Waals surface area contributed by atoms with Gasteiger partial charge >= 0.3 is 0 Å². The summed E-state index contributed by atoms with van der Waals surface area (Å²) in [6.45, 7) is 3.85. The van der Waals surface area contributed by atoms with Gasteiger partial charge in [-0.3, -0.25) is 9.69 Å². The summed E-state index contributed by atoms with van der Waals surface area (Å²) in [6.07, 6.45) is 4.25. The normalized spacial score (nSPS) is 25.4. The van der Waals surface area contributed by atoms with E-state index in [0.717, 1.165) is 50.9 Å². The van der Waals surface area contributed by atoms with Crippen LogP contribution in [0, 0.1) is 11.7 Å². The zero-order chi connectivity index (χ0) is 16.1. The molecule has 1 aromatic carbocycles. The Morgan fingerprint density at radius 3 is 3.04 bits per heavy atom. The van der Waals surface area contributed by atoms with Crippen molar-refractivity contribution in [3.63, 3.8) is 0 Å². The Morgan fingerprint density at radius 2 is 2.26 bits per heavy atom. The van der Waals surface area contributed by atoms with Crippen molar-refractivity contribution in [2.45, 2.75) is 38.3 Å². The highest BCUT2D eigenvalue weighted by Crippen LogP contribution is 2.19. The third kappa shape index (κ3) is 4.75. The molecule has 2 aliphatic heterocycles. The molecule has 126 valence electrons. The van der Waals surface area contributed by atoms with Crippen LogP contribution in [0.15, 0.2) is 24.3 Å². The number of likely N-dealkylation sites (tertiary alicyclic amines) is 1. The second-order valence-electron chi connectivity index (χ2n) is 6.58. The molecule has 5 heteroatoms. The fourth-order valence-corrected chi connectivity index (χ4v) is 3.47. The maximum absolute atomic E-state index is 13.3. The molecule has 0 radical (unpaired) electrons. The van der Waals surface area contributed by atoms with E-state index in [2.05, 4.69) is 10.2 Å². The number of halogens is 1. The van der Waals surface area contributed by atoms with E-state index in [0.29, 0.717) is 13.1 Å². The fourth-order valence-electron chi connectivity index (χ4n) is 3.47. The largest absolute Gasteiger partial charge is 0.376 e. The Kier molecular flexibility index (Phi) is 5.62. The summed E-state index contributed by atoms with van der Waals surface area (Å²) in [5, 5.41) is 3.04. The molecular weight excluding hydrogens is 295 g/mol. The molecule has 2 heterocycles. The van der Waals surface area contributed by atoms with Gasteiger partial charge in [0.15, 0.2) is 0 Å². The molecule has 1 aromatic rings. The molecule has 0 saturated carbocycles. The highest BCUT2D eigenvalue weighted by Gasteiger charge is 2.26. The lowest BCUT2D eigenvalue weighted by Gasteiger charge is -2.32. The van der Waals surface area contributed by atoms with Gasteiger partial charge in [0.2, 0.25) is 5.91 Å². The SMILES string of the molecule is O=C(NC[C@@H]1CCCO1)[C@H]1CCCN(Cc2cccc(F)c2)C1. The van der Waals surface area contributed by atoms with E-state index in [1.165, 1.54) is 6.07 Å². The predicted molar refractivity (Wildman–Crippen MR) is 86.4 cm³/mol. The van der Waals surface area contributed by atoms with Crippen molar-refractivity contribution >= 4 is 5.91 Å². The van der Waals surface area contributed by atoms with E-state index in [4.69, 9.17) is 4.74 Å². The summed E-state index contributed by atoms with van der Waals surface area (Å²) in [4.78, 5) is 14.6. The zero-order valence-corrected chi connectivity index (χ0v) is 13.5. The van der Waals surface area contributed by atoms with Gasteiger partial charge in [-0.25, -0.2) is 4.39 Å². The van der Waals surface area contributed by atoms with Crippen molar-refractivity contribution in [1.29, 1.82) is 0 Å². The van der Waals surface area contributed by atoms with Crippen LogP contribution in [0.4, 0.5) is 4.39 Å². The molecule has 0 aliphatic carbocycles. The smallest absolute Gasteiger partial charge is 0.224 e. The molecule has 2 atom stereocenters.